The lowest BCUT2D eigenvalue weighted by molar-refractivity contribution is -0.125. The summed E-state index contributed by atoms with van der Waals surface area (Å²) in [7, 11) is 0. The molecule has 30 heavy (non-hydrogen) atoms. The Hall–Kier alpha value is -2.87. The average Bonchev–Trinajstić information content (AvgIpc) is 3.41. The molecule has 0 radical (unpaired) electrons. The molecular formula is C22H22BrN3O4. The smallest absolute Gasteiger partial charge is 0.414 e. The van der Waals surface area contributed by atoms with Crippen molar-refractivity contribution in [3.8, 4) is 0 Å². The van der Waals surface area contributed by atoms with E-state index in [1.807, 2.05) is 36.4 Å². The fourth-order valence-corrected chi connectivity index (χ4v) is 4.07. The van der Waals surface area contributed by atoms with Crippen molar-refractivity contribution in [2.75, 3.05) is 24.6 Å². The first-order valence-electron chi connectivity index (χ1n) is 9.90. The molecule has 3 amide bonds. The monoisotopic (exact) mass is 471 g/mol. The first kappa shape index (κ1) is 20.4. The second kappa shape index (κ2) is 8.87. The van der Waals surface area contributed by atoms with Crippen molar-refractivity contribution in [1.82, 2.24) is 10.2 Å². The number of ether oxygens (including phenoxy) is 1. The van der Waals surface area contributed by atoms with E-state index in [0.29, 0.717) is 38.2 Å². The number of carbonyl (C=O) groups excluding carboxylic acids is 3. The molecule has 0 saturated carbocycles. The van der Waals surface area contributed by atoms with Crippen LogP contribution in [0.1, 0.15) is 28.8 Å². The van der Waals surface area contributed by atoms with Gasteiger partial charge in [0.15, 0.2) is 0 Å². The van der Waals surface area contributed by atoms with Crippen molar-refractivity contribution < 1.29 is 19.1 Å². The Balaban J connectivity index is 1.39. The van der Waals surface area contributed by atoms with E-state index >= 15 is 0 Å². The van der Waals surface area contributed by atoms with E-state index in [1.165, 1.54) is 0 Å². The minimum atomic E-state index is -0.474. The van der Waals surface area contributed by atoms with Gasteiger partial charge in [0.25, 0.3) is 5.91 Å². The molecule has 2 aliphatic rings. The van der Waals surface area contributed by atoms with Crippen molar-refractivity contribution in [2.45, 2.75) is 25.4 Å². The molecule has 2 saturated heterocycles. The van der Waals surface area contributed by atoms with Crippen LogP contribution in [0.3, 0.4) is 0 Å². The number of cyclic esters (lactones) is 1. The normalized spacial score (nSPS) is 18.4. The van der Waals surface area contributed by atoms with Crippen LogP contribution >= 0.6 is 15.9 Å². The lowest BCUT2D eigenvalue weighted by atomic mass is 10.1. The zero-order valence-electron chi connectivity index (χ0n) is 16.3. The molecule has 2 heterocycles. The molecule has 0 spiro atoms. The number of hydrogen-bond donors (Lipinski definition) is 1. The van der Waals surface area contributed by atoms with Gasteiger partial charge in [0.1, 0.15) is 12.6 Å². The summed E-state index contributed by atoms with van der Waals surface area (Å²) in [5.74, 6) is -0.293. The van der Waals surface area contributed by atoms with Gasteiger partial charge in [-0.3, -0.25) is 14.5 Å². The maximum Gasteiger partial charge on any atom is 0.414 e. The standard InChI is InChI=1S/C22H22BrN3O4/c23-17-8-6-16(7-9-17)21(28)26-10-2-5-19(26)20(27)24-14-15-3-1-4-18(13-15)25-11-12-30-22(25)29/h1,3-4,6-9,13,19H,2,5,10-12,14H2,(H,24,27). The predicted molar refractivity (Wildman–Crippen MR) is 115 cm³/mol. The van der Waals surface area contributed by atoms with E-state index < -0.39 is 6.04 Å². The number of rotatable bonds is 5. The summed E-state index contributed by atoms with van der Waals surface area (Å²) < 4.78 is 5.88. The van der Waals surface area contributed by atoms with Gasteiger partial charge in [-0.05, 0) is 54.8 Å². The van der Waals surface area contributed by atoms with Gasteiger partial charge < -0.3 is 15.0 Å². The van der Waals surface area contributed by atoms with Crippen molar-refractivity contribution in [1.29, 1.82) is 0 Å². The van der Waals surface area contributed by atoms with E-state index in [0.717, 1.165) is 22.1 Å². The summed E-state index contributed by atoms with van der Waals surface area (Å²) in [4.78, 5) is 40.6. The highest BCUT2D eigenvalue weighted by Crippen LogP contribution is 2.23. The van der Waals surface area contributed by atoms with Crippen LogP contribution in [0.15, 0.2) is 53.0 Å². The molecule has 2 aliphatic heterocycles. The number of amides is 3. The van der Waals surface area contributed by atoms with Crippen LogP contribution in [0.25, 0.3) is 0 Å². The minimum Gasteiger partial charge on any atom is -0.447 e. The van der Waals surface area contributed by atoms with Crippen LogP contribution in [-0.2, 0) is 16.1 Å². The highest BCUT2D eigenvalue weighted by molar-refractivity contribution is 9.10. The molecule has 2 aromatic rings. The maximum absolute atomic E-state index is 12.9. The molecule has 0 bridgehead atoms. The van der Waals surface area contributed by atoms with Crippen LogP contribution in [0.4, 0.5) is 10.5 Å². The maximum atomic E-state index is 12.9. The van der Waals surface area contributed by atoms with Gasteiger partial charge >= 0.3 is 6.09 Å². The molecule has 2 fully saturated rings. The average molecular weight is 472 g/mol. The predicted octanol–water partition coefficient (Wildman–Crippen LogP) is 3.33. The first-order chi connectivity index (χ1) is 14.5. The van der Waals surface area contributed by atoms with Gasteiger partial charge in [-0.2, -0.15) is 0 Å². The number of likely N-dealkylation sites (tertiary alicyclic amines) is 1. The Kier molecular flexibility index (Phi) is 6.03. The molecule has 156 valence electrons. The summed E-state index contributed by atoms with van der Waals surface area (Å²) >= 11 is 3.37. The number of benzene rings is 2. The minimum absolute atomic E-state index is 0.130. The molecular weight excluding hydrogens is 450 g/mol. The lowest BCUT2D eigenvalue weighted by Crippen LogP contribution is -2.45. The highest BCUT2D eigenvalue weighted by Gasteiger charge is 2.34. The van der Waals surface area contributed by atoms with Crippen molar-refractivity contribution in [2.24, 2.45) is 0 Å². The van der Waals surface area contributed by atoms with Crippen molar-refractivity contribution in [3.63, 3.8) is 0 Å². The molecule has 0 aliphatic carbocycles. The second-order valence-corrected chi connectivity index (χ2v) is 8.23. The van der Waals surface area contributed by atoms with Gasteiger partial charge in [-0.1, -0.05) is 28.1 Å². The lowest BCUT2D eigenvalue weighted by Gasteiger charge is -2.24. The van der Waals surface area contributed by atoms with Crippen LogP contribution in [-0.4, -0.2) is 48.5 Å². The van der Waals surface area contributed by atoms with Gasteiger partial charge in [0, 0.05) is 28.8 Å². The molecule has 1 atom stereocenters. The van der Waals surface area contributed by atoms with Gasteiger partial charge in [0.05, 0.1) is 6.54 Å². The summed E-state index contributed by atoms with van der Waals surface area (Å²) in [5.41, 5.74) is 2.20. The number of anilines is 1. The van der Waals surface area contributed by atoms with Crippen LogP contribution < -0.4 is 10.2 Å². The van der Waals surface area contributed by atoms with Crippen molar-refractivity contribution >= 4 is 39.5 Å². The van der Waals surface area contributed by atoms with E-state index in [2.05, 4.69) is 21.2 Å². The van der Waals surface area contributed by atoms with E-state index in [4.69, 9.17) is 4.74 Å². The molecule has 1 unspecified atom stereocenters. The third-order valence-electron chi connectivity index (χ3n) is 5.36. The zero-order chi connectivity index (χ0) is 21.1. The Bertz CT molecular complexity index is 963. The summed E-state index contributed by atoms with van der Waals surface area (Å²) in [5, 5.41) is 2.94. The zero-order valence-corrected chi connectivity index (χ0v) is 17.9. The Morgan fingerprint density at radius 1 is 1.13 bits per heavy atom. The topological polar surface area (TPSA) is 79.0 Å². The molecule has 1 N–H and O–H groups in total. The Labute approximate surface area is 183 Å². The van der Waals surface area contributed by atoms with Crippen LogP contribution in [0.5, 0.6) is 0 Å². The third kappa shape index (κ3) is 4.33. The SMILES string of the molecule is O=C(NCc1cccc(N2CCOC2=O)c1)C1CCCN1C(=O)c1ccc(Br)cc1. The third-order valence-corrected chi connectivity index (χ3v) is 5.89. The number of hydrogen-bond acceptors (Lipinski definition) is 4. The summed E-state index contributed by atoms with van der Waals surface area (Å²) in [6.45, 7) is 1.79. The molecule has 4 rings (SSSR count). The quantitative estimate of drug-likeness (QED) is 0.725. The van der Waals surface area contributed by atoms with Gasteiger partial charge in [0.2, 0.25) is 5.91 Å². The van der Waals surface area contributed by atoms with E-state index in [-0.39, 0.29) is 17.9 Å². The largest absolute Gasteiger partial charge is 0.447 e. The van der Waals surface area contributed by atoms with E-state index in [1.54, 1.807) is 21.9 Å². The number of halogens is 1. The van der Waals surface area contributed by atoms with Crippen LogP contribution in [0, 0.1) is 0 Å². The number of nitrogens with zero attached hydrogens (tertiary/aromatic N) is 2. The fourth-order valence-electron chi connectivity index (χ4n) is 3.81. The highest BCUT2D eigenvalue weighted by atomic mass is 79.9. The van der Waals surface area contributed by atoms with Gasteiger partial charge in [-0.15, -0.1) is 0 Å². The second-order valence-electron chi connectivity index (χ2n) is 7.32. The number of carbonyl (C=O) groups is 3. The Morgan fingerprint density at radius 3 is 2.67 bits per heavy atom. The molecule has 8 heteroatoms. The van der Waals surface area contributed by atoms with E-state index in [9.17, 15) is 14.4 Å². The van der Waals surface area contributed by atoms with Crippen molar-refractivity contribution in [3.05, 3.63) is 64.1 Å². The molecule has 2 aromatic carbocycles. The molecule has 7 nitrogen and oxygen atoms in total. The number of nitrogens with one attached hydrogen (secondary N) is 1. The summed E-state index contributed by atoms with van der Waals surface area (Å²) in [6, 6.07) is 14.1. The molecule has 0 aromatic heterocycles. The Morgan fingerprint density at radius 2 is 1.93 bits per heavy atom. The van der Waals surface area contributed by atoms with Gasteiger partial charge in [-0.25, -0.2) is 4.79 Å². The summed E-state index contributed by atoms with van der Waals surface area (Å²) in [6.07, 6.45) is 1.09. The van der Waals surface area contributed by atoms with Crippen LogP contribution in [0.2, 0.25) is 0 Å². The fraction of sp³-hybridized carbons (Fsp3) is 0.318. The first-order valence-corrected chi connectivity index (χ1v) is 10.7.